The number of amidine groups is 1. The standard InChI is InChI=1S/C23H31N7O2/c1-5-6-13-30-20(27-22(29-30)23(2,31-3)32-4)14-16-11-12-19(26-15-16)17-9-7-8-10-18(17)21(24)28-25/h7-12,15H,5-6,13-14,25H2,1-4H3,(H2,24,28). The van der Waals surface area contributed by atoms with Crippen LogP contribution in [0.15, 0.2) is 47.7 Å². The summed E-state index contributed by atoms with van der Waals surface area (Å²) in [5, 5.41) is 8.28. The Morgan fingerprint density at radius 2 is 1.91 bits per heavy atom. The first kappa shape index (κ1) is 23.4. The molecule has 0 saturated heterocycles. The van der Waals surface area contributed by atoms with Gasteiger partial charge in [0.05, 0.1) is 5.69 Å². The molecule has 0 aliphatic carbocycles. The van der Waals surface area contributed by atoms with Crippen LogP contribution in [0.3, 0.4) is 0 Å². The number of aryl methyl sites for hydroxylation is 1. The number of pyridine rings is 1. The summed E-state index contributed by atoms with van der Waals surface area (Å²) in [6.07, 6.45) is 4.49. The maximum atomic E-state index is 5.94. The molecule has 0 amide bonds. The van der Waals surface area contributed by atoms with Gasteiger partial charge in [0.25, 0.3) is 0 Å². The molecule has 0 spiro atoms. The molecule has 0 bridgehead atoms. The largest absolute Gasteiger partial charge is 0.382 e. The van der Waals surface area contributed by atoms with Gasteiger partial charge in [0.15, 0.2) is 5.84 Å². The third-order valence-electron chi connectivity index (χ3n) is 5.46. The van der Waals surface area contributed by atoms with E-state index in [1.165, 1.54) is 0 Å². The average molecular weight is 438 g/mol. The lowest BCUT2D eigenvalue weighted by atomic mass is 10.0. The third-order valence-corrected chi connectivity index (χ3v) is 5.46. The fraction of sp³-hybridized carbons (Fsp3) is 0.391. The van der Waals surface area contributed by atoms with Crippen molar-refractivity contribution in [3.8, 4) is 11.3 Å². The van der Waals surface area contributed by atoms with Gasteiger partial charge in [-0.2, -0.15) is 10.2 Å². The fourth-order valence-corrected chi connectivity index (χ4v) is 3.32. The topological polar surface area (TPSA) is 126 Å². The van der Waals surface area contributed by atoms with Crippen molar-refractivity contribution in [1.29, 1.82) is 0 Å². The highest BCUT2D eigenvalue weighted by Crippen LogP contribution is 2.25. The minimum atomic E-state index is -0.998. The molecule has 2 aromatic heterocycles. The second-order valence-corrected chi connectivity index (χ2v) is 7.57. The fourth-order valence-electron chi connectivity index (χ4n) is 3.32. The lowest BCUT2D eigenvalue weighted by Crippen LogP contribution is -2.28. The maximum absolute atomic E-state index is 5.94. The van der Waals surface area contributed by atoms with Crippen molar-refractivity contribution in [2.24, 2.45) is 16.7 Å². The molecule has 4 N–H and O–H groups in total. The van der Waals surface area contributed by atoms with E-state index in [1.807, 2.05) is 47.3 Å². The van der Waals surface area contributed by atoms with Crippen LogP contribution in [0.5, 0.6) is 0 Å². The van der Waals surface area contributed by atoms with Gasteiger partial charge >= 0.3 is 0 Å². The van der Waals surface area contributed by atoms with E-state index in [1.54, 1.807) is 21.1 Å². The van der Waals surface area contributed by atoms with Crippen LogP contribution in [0, 0.1) is 0 Å². The number of hydrazone groups is 1. The number of nitrogens with zero attached hydrogens (tertiary/aromatic N) is 5. The van der Waals surface area contributed by atoms with Crippen LogP contribution < -0.4 is 11.6 Å². The molecule has 3 aromatic rings. The number of aromatic nitrogens is 4. The molecule has 9 nitrogen and oxygen atoms in total. The van der Waals surface area contributed by atoms with Crippen LogP contribution in [0.2, 0.25) is 0 Å². The van der Waals surface area contributed by atoms with Crippen LogP contribution in [-0.4, -0.2) is 39.8 Å². The Kier molecular flexibility index (Phi) is 7.55. The van der Waals surface area contributed by atoms with Crippen molar-refractivity contribution < 1.29 is 9.47 Å². The lowest BCUT2D eigenvalue weighted by Gasteiger charge is -2.22. The number of benzene rings is 1. The molecule has 0 aliphatic rings. The van der Waals surface area contributed by atoms with Gasteiger partial charge in [-0.15, -0.1) is 0 Å². The summed E-state index contributed by atoms with van der Waals surface area (Å²) in [6, 6.07) is 11.6. The highest BCUT2D eigenvalue weighted by Gasteiger charge is 2.32. The number of ether oxygens (including phenoxy) is 2. The summed E-state index contributed by atoms with van der Waals surface area (Å²) in [5.41, 5.74) is 9.36. The molecule has 0 atom stereocenters. The SMILES string of the molecule is CCCCn1nc(C(C)(OC)OC)nc1Cc1ccc(-c2ccccc2/C(N)=N/N)nc1. The minimum Gasteiger partial charge on any atom is -0.382 e. The molecule has 2 heterocycles. The van der Waals surface area contributed by atoms with Crippen LogP contribution in [0.25, 0.3) is 11.3 Å². The number of hydrogen-bond donors (Lipinski definition) is 2. The van der Waals surface area contributed by atoms with Gasteiger partial charge in [0.2, 0.25) is 11.6 Å². The summed E-state index contributed by atoms with van der Waals surface area (Å²) < 4.78 is 12.9. The summed E-state index contributed by atoms with van der Waals surface area (Å²) >= 11 is 0. The Labute approximate surface area is 188 Å². The quantitative estimate of drug-likeness (QED) is 0.164. The van der Waals surface area contributed by atoms with Gasteiger partial charge < -0.3 is 21.1 Å². The molecule has 9 heteroatoms. The first-order valence-electron chi connectivity index (χ1n) is 10.6. The van der Waals surface area contributed by atoms with Gasteiger partial charge in [-0.25, -0.2) is 9.67 Å². The van der Waals surface area contributed by atoms with Crippen molar-refractivity contribution in [3.05, 3.63) is 65.4 Å². The molecule has 0 saturated carbocycles. The first-order chi connectivity index (χ1) is 15.5. The zero-order valence-electron chi connectivity index (χ0n) is 19.1. The second kappa shape index (κ2) is 10.3. The molecule has 1 aromatic carbocycles. The second-order valence-electron chi connectivity index (χ2n) is 7.57. The Balaban J connectivity index is 1.89. The molecule has 3 rings (SSSR count). The van der Waals surface area contributed by atoms with E-state index in [0.29, 0.717) is 12.2 Å². The van der Waals surface area contributed by atoms with Crippen molar-refractivity contribution >= 4 is 5.84 Å². The van der Waals surface area contributed by atoms with Gasteiger partial charge in [-0.3, -0.25) is 4.98 Å². The zero-order chi connectivity index (χ0) is 23.1. The minimum absolute atomic E-state index is 0.266. The molecule has 0 fully saturated rings. The average Bonchev–Trinajstić information content (AvgIpc) is 3.25. The summed E-state index contributed by atoms with van der Waals surface area (Å²) in [4.78, 5) is 9.37. The van der Waals surface area contributed by atoms with E-state index in [-0.39, 0.29) is 5.84 Å². The van der Waals surface area contributed by atoms with Gasteiger partial charge in [0.1, 0.15) is 5.82 Å². The number of hydrogen-bond acceptors (Lipinski definition) is 7. The maximum Gasteiger partial charge on any atom is 0.228 e. The van der Waals surface area contributed by atoms with Crippen molar-refractivity contribution in [2.75, 3.05) is 14.2 Å². The molecule has 0 unspecified atom stereocenters. The van der Waals surface area contributed by atoms with Gasteiger partial charge in [-0.1, -0.05) is 43.7 Å². The molecule has 32 heavy (non-hydrogen) atoms. The third kappa shape index (κ3) is 4.95. The molecule has 0 radical (unpaired) electrons. The van der Waals surface area contributed by atoms with E-state index >= 15 is 0 Å². The smallest absolute Gasteiger partial charge is 0.228 e. The Morgan fingerprint density at radius 1 is 1.16 bits per heavy atom. The molecular weight excluding hydrogens is 406 g/mol. The summed E-state index contributed by atoms with van der Waals surface area (Å²) in [7, 11) is 3.16. The van der Waals surface area contributed by atoms with Crippen molar-refractivity contribution in [3.63, 3.8) is 0 Å². The molecule has 170 valence electrons. The van der Waals surface area contributed by atoms with Crippen LogP contribution in [-0.2, 0) is 28.2 Å². The van der Waals surface area contributed by atoms with Gasteiger partial charge in [-0.05, 0) is 25.0 Å². The van der Waals surface area contributed by atoms with Crippen LogP contribution >= 0.6 is 0 Å². The summed E-state index contributed by atoms with van der Waals surface area (Å²) in [6.45, 7) is 4.73. The number of rotatable bonds is 10. The highest BCUT2D eigenvalue weighted by molar-refractivity contribution is 6.02. The van der Waals surface area contributed by atoms with E-state index in [2.05, 4.69) is 22.1 Å². The predicted molar refractivity (Wildman–Crippen MR) is 124 cm³/mol. The number of unbranched alkanes of at least 4 members (excludes halogenated alkanes) is 1. The van der Waals surface area contributed by atoms with E-state index in [0.717, 1.165) is 47.6 Å². The lowest BCUT2D eigenvalue weighted by molar-refractivity contribution is -0.207. The normalized spacial score (nSPS) is 12.3. The van der Waals surface area contributed by atoms with E-state index < -0.39 is 5.79 Å². The Bertz CT molecular complexity index is 1060. The number of methoxy groups -OCH3 is 2. The van der Waals surface area contributed by atoms with Crippen molar-refractivity contribution in [2.45, 2.75) is 45.4 Å². The number of nitrogens with two attached hydrogens (primary N) is 2. The Hall–Kier alpha value is -3.30. The molecule has 0 aliphatic heterocycles. The van der Waals surface area contributed by atoms with E-state index in [4.69, 9.17) is 26.0 Å². The zero-order valence-corrected chi connectivity index (χ0v) is 19.1. The molecular formula is C23H31N7O2. The van der Waals surface area contributed by atoms with E-state index in [9.17, 15) is 0 Å². The van der Waals surface area contributed by atoms with Crippen LogP contribution in [0.4, 0.5) is 0 Å². The summed E-state index contributed by atoms with van der Waals surface area (Å²) in [5.74, 6) is 5.98. The monoisotopic (exact) mass is 437 g/mol. The highest BCUT2D eigenvalue weighted by atomic mass is 16.7. The van der Waals surface area contributed by atoms with Crippen LogP contribution in [0.1, 0.15) is 49.5 Å². The first-order valence-corrected chi connectivity index (χ1v) is 10.6. The van der Waals surface area contributed by atoms with Gasteiger partial charge in [0, 0.05) is 44.5 Å². The predicted octanol–water partition coefficient (Wildman–Crippen LogP) is 2.78. The Morgan fingerprint density at radius 3 is 2.53 bits per heavy atom. The van der Waals surface area contributed by atoms with Crippen molar-refractivity contribution in [1.82, 2.24) is 19.7 Å².